The van der Waals surface area contributed by atoms with Gasteiger partial charge in [-0.25, -0.2) is 15.0 Å². The zero-order chi connectivity index (χ0) is 15.8. The molecule has 0 saturated heterocycles. The third-order valence-electron chi connectivity index (χ3n) is 3.01. The van der Waals surface area contributed by atoms with Gasteiger partial charge >= 0.3 is 0 Å². The Morgan fingerprint density at radius 3 is 2.74 bits per heavy atom. The second-order valence-corrected chi connectivity index (χ2v) is 7.07. The minimum Gasteiger partial charge on any atom is -0.357 e. The first-order valence-corrected chi connectivity index (χ1v) is 9.27. The highest BCUT2D eigenvalue weighted by atomic mass is 127. The van der Waals surface area contributed by atoms with Crippen LogP contribution in [0.5, 0.6) is 0 Å². The molecule has 0 aliphatic rings. The molecule has 2 aromatic heterocycles. The average molecular weight is 465 g/mol. The Labute approximate surface area is 163 Å². The molecule has 2 rings (SSSR count). The predicted molar refractivity (Wildman–Crippen MR) is 110 cm³/mol. The van der Waals surface area contributed by atoms with Crippen molar-refractivity contribution in [3.63, 3.8) is 0 Å². The van der Waals surface area contributed by atoms with E-state index >= 15 is 0 Å². The van der Waals surface area contributed by atoms with Crippen LogP contribution in [0.3, 0.4) is 0 Å². The number of nitrogens with zero attached hydrogens (tertiary/aromatic N) is 3. The van der Waals surface area contributed by atoms with Crippen LogP contribution in [0, 0.1) is 6.92 Å². The van der Waals surface area contributed by atoms with Crippen LogP contribution < -0.4 is 10.6 Å². The quantitative estimate of drug-likeness (QED) is 0.374. The second kappa shape index (κ2) is 10.9. The number of aryl methyl sites for hydroxylation is 2. The van der Waals surface area contributed by atoms with Gasteiger partial charge in [0, 0.05) is 36.0 Å². The molecule has 8 heteroatoms. The van der Waals surface area contributed by atoms with Crippen LogP contribution >= 0.6 is 46.7 Å². The van der Waals surface area contributed by atoms with Gasteiger partial charge in [0.1, 0.15) is 5.01 Å². The molecule has 0 aliphatic carbocycles. The van der Waals surface area contributed by atoms with Crippen LogP contribution in [-0.4, -0.2) is 29.0 Å². The highest BCUT2D eigenvalue weighted by Gasteiger charge is 2.03. The van der Waals surface area contributed by atoms with Crippen LogP contribution in [0.2, 0.25) is 0 Å². The lowest BCUT2D eigenvalue weighted by atomic mass is 10.3. The van der Waals surface area contributed by atoms with E-state index in [-0.39, 0.29) is 24.0 Å². The third kappa shape index (κ3) is 7.13. The van der Waals surface area contributed by atoms with Crippen molar-refractivity contribution in [2.24, 2.45) is 4.99 Å². The maximum Gasteiger partial charge on any atom is 0.191 e. The van der Waals surface area contributed by atoms with Crippen molar-refractivity contribution < 1.29 is 0 Å². The normalized spacial score (nSPS) is 11.2. The number of aromatic nitrogens is 2. The molecule has 0 atom stereocenters. The summed E-state index contributed by atoms with van der Waals surface area (Å²) in [5, 5.41) is 10.9. The molecular weight excluding hydrogens is 441 g/mol. The number of halogens is 1. The first-order valence-electron chi connectivity index (χ1n) is 7.58. The van der Waals surface area contributed by atoms with Crippen molar-refractivity contribution in [1.82, 2.24) is 20.6 Å². The Kier molecular flexibility index (Phi) is 9.65. The van der Waals surface area contributed by atoms with Gasteiger partial charge in [-0.05, 0) is 20.3 Å². The monoisotopic (exact) mass is 465 g/mol. The minimum atomic E-state index is 0. The van der Waals surface area contributed by atoms with Crippen molar-refractivity contribution in [3.05, 3.63) is 32.2 Å². The molecule has 5 nitrogen and oxygen atoms in total. The lowest BCUT2D eigenvalue weighted by Gasteiger charge is -2.10. The molecule has 0 radical (unpaired) electrons. The van der Waals surface area contributed by atoms with E-state index in [0.717, 1.165) is 47.6 Å². The first-order chi connectivity index (χ1) is 10.7. The van der Waals surface area contributed by atoms with Gasteiger partial charge in [-0.15, -0.1) is 46.7 Å². The minimum absolute atomic E-state index is 0. The fraction of sp³-hybridized carbons (Fsp3) is 0.533. The maximum absolute atomic E-state index is 4.59. The predicted octanol–water partition coefficient (Wildman–Crippen LogP) is 3.39. The van der Waals surface area contributed by atoms with Crippen molar-refractivity contribution in [1.29, 1.82) is 0 Å². The van der Waals surface area contributed by atoms with Crippen LogP contribution in [0.1, 0.15) is 34.4 Å². The Bertz CT molecular complexity index is 609. The summed E-state index contributed by atoms with van der Waals surface area (Å²) in [5.41, 5.74) is 1.14. The maximum atomic E-state index is 4.59. The number of rotatable bonds is 7. The Hall–Kier alpha value is -0.740. The number of guanidine groups is 1. The molecule has 0 unspecified atom stereocenters. The van der Waals surface area contributed by atoms with E-state index in [1.165, 1.54) is 4.88 Å². The summed E-state index contributed by atoms with van der Waals surface area (Å²) in [4.78, 5) is 14.8. The van der Waals surface area contributed by atoms with Crippen LogP contribution in [0.15, 0.2) is 16.6 Å². The summed E-state index contributed by atoms with van der Waals surface area (Å²) >= 11 is 3.43. The molecule has 2 N–H and O–H groups in total. The summed E-state index contributed by atoms with van der Waals surface area (Å²) in [5.74, 6) is 0.836. The lowest BCUT2D eigenvalue weighted by Crippen LogP contribution is -2.38. The molecule has 2 heterocycles. The van der Waals surface area contributed by atoms with Crippen LogP contribution in [0.4, 0.5) is 0 Å². The van der Waals surface area contributed by atoms with E-state index in [9.17, 15) is 0 Å². The molecule has 0 bridgehead atoms. The summed E-state index contributed by atoms with van der Waals surface area (Å²) < 4.78 is 0. The molecule has 0 amide bonds. The zero-order valence-electron chi connectivity index (χ0n) is 13.8. The number of hydrogen-bond donors (Lipinski definition) is 2. The molecule has 0 saturated carbocycles. The fourth-order valence-electron chi connectivity index (χ4n) is 1.91. The number of nitrogens with one attached hydrogen (secondary N) is 2. The summed E-state index contributed by atoms with van der Waals surface area (Å²) in [6, 6.07) is 0. The number of thiazole rings is 2. The largest absolute Gasteiger partial charge is 0.357 e. The molecule has 0 aliphatic heterocycles. The van der Waals surface area contributed by atoms with Crippen LogP contribution in [0.25, 0.3) is 0 Å². The summed E-state index contributed by atoms with van der Waals surface area (Å²) in [7, 11) is 0. The molecular formula is C15H24IN5S2. The molecule has 0 fully saturated rings. The topological polar surface area (TPSA) is 62.2 Å². The highest BCUT2D eigenvalue weighted by Crippen LogP contribution is 2.14. The van der Waals surface area contributed by atoms with Gasteiger partial charge in [-0.2, -0.15) is 0 Å². The standard InChI is InChI=1S/C15H23N5S2.HI/c1-4-13-8-18-14(22-13)9-19-15(16-5-2)17-7-6-12-10-21-11(3)20-12;/h8,10H,4-7,9H2,1-3H3,(H2,16,17,19);1H. The van der Waals surface area contributed by atoms with Gasteiger partial charge in [0.05, 0.1) is 17.2 Å². The van der Waals surface area contributed by atoms with Gasteiger partial charge in [-0.1, -0.05) is 6.92 Å². The molecule has 128 valence electrons. The molecule has 0 spiro atoms. The molecule has 23 heavy (non-hydrogen) atoms. The molecule has 0 aromatic carbocycles. The van der Waals surface area contributed by atoms with Gasteiger partial charge in [0.2, 0.25) is 0 Å². The van der Waals surface area contributed by atoms with E-state index < -0.39 is 0 Å². The SMILES string of the molecule is CCNC(=NCc1ncc(CC)s1)NCCc1csc(C)n1.I. The first kappa shape index (κ1) is 20.3. The Balaban J connectivity index is 0.00000264. The summed E-state index contributed by atoms with van der Waals surface area (Å²) in [6.07, 6.45) is 3.89. The van der Waals surface area contributed by atoms with Gasteiger partial charge in [-0.3, -0.25) is 0 Å². The third-order valence-corrected chi connectivity index (χ3v) is 4.96. The highest BCUT2D eigenvalue weighted by molar-refractivity contribution is 14.0. The number of hydrogen-bond acceptors (Lipinski definition) is 5. The Morgan fingerprint density at radius 1 is 1.30 bits per heavy atom. The number of aliphatic imine (C=N–C) groups is 1. The smallest absolute Gasteiger partial charge is 0.191 e. The Morgan fingerprint density at radius 2 is 2.13 bits per heavy atom. The van der Waals surface area contributed by atoms with Gasteiger partial charge in [0.15, 0.2) is 5.96 Å². The van der Waals surface area contributed by atoms with E-state index in [2.05, 4.69) is 44.8 Å². The van der Waals surface area contributed by atoms with Crippen molar-refractivity contribution in [2.45, 2.75) is 40.2 Å². The van der Waals surface area contributed by atoms with E-state index in [1.807, 2.05) is 13.1 Å². The van der Waals surface area contributed by atoms with E-state index in [0.29, 0.717) is 6.54 Å². The van der Waals surface area contributed by atoms with Crippen molar-refractivity contribution in [2.75, 3.05) is 13.1 Å². The second-order valence-electron chi connectivity index (χ2n) is 4.80. The zero-order valence-corrected chi connectivity index (χ0v) is 17.7. The fourth-order valence-corrected chi connectivity index (χ4v) is 3.34. The summed E-state index contributed by atoms with van der Waals surface area (Å²) in [6.45, 7) is 8.54. The van der Waals surface area contributed by atoms with Crippen molar-refractivity contribution >= 4 is 52.6 Å². The van der Waals surface area contributed by atoms with Gasteiger partial charge in [0.25, 0.3) is 0 Å². The molecule has 2 aromatic rings. The van der Waals surface area contributed by atoms with E-state index in [1.54, 1.807) is 22.7 Å². The average Bonchev–Trinajstić information content (AvgIpc) is 3.13. The van der Waals surface area contributed by atoms with E-state index in [4.69, 9.17) is 0 Å². The lowest BCUT2D eigenvalue weighted by molar-refractivity contribution is 0.789. The van der Waals surface area contributed by atoms with Crippen molar-refractivity contribution in [3.8, 4) is 0 Å². The van der Waals surface area contributed by atoms with Gasteiger partial charge < -0.3 is 10.6 Å². The van der Waals surface area contributed by atoms with Crippen LogP contribution in [-0.2, 0) is 19.4 Å².